The number of hydrogen-bond donors (Lipinski definition) is 1. The summed E-state index contributed by atoms with van der Waals surface area (Å²) in [7, 11) is 0. The van der Waals surface area contributed by atoms with Crippen LogP contribution in [0.5, 0.6) is 0 Å². The molecule has 0 aliphatic carbocycles. The molecule has 5 heteroatoms. The highest BCUT2D eigenvalue weighted by atomic mass is 35.5. The van der Waals surface area contributed by atoms with Crippen LogP contribution in [0, 0.1) is 0 Å². The molecule has 1 N–H and O–H groups in total. The highest BCUT2D eigenvalue weighted by Gasteiger charge is 2.27. The van der Waals surface area contributed by atoms with Gasteiger partial charge in [0.1, 0.15) is 5.92 Å². The number of fused-ring (bicyclic) bond motifs is 1. The number of hydrogen-bond acceptors (Lipinski definition) is 2. The van der Waals surface area contributed by atoms with Crippen molar-refractivity contribution in [3.05, 3.63) is 36.0 Å². The van der Waals surface area contributed by atoms with Crippen molar-refractivity contribution in [3.8, 4) is 0 Å². The lowest BCUT2D eigenvalue weighted by Crippen LogP contribution is -2.13. The van der Waals surface area contributed by atoms with Gasteiger partial charge in [-0.05, 0) is 34.8 Å². The molecule has 0 radical (unpaired) electrons. The lowest BCUT2D eigenvalue weighted by atomic mass is 10.0. The SMILES string of the molecule is O=C(Cl)C(C(=O)Cl)c1c[nH]c2ccccc12. The quantitative estimate of drug-likeness (QED) is 0.678. The minimum Gasteiger partial charge on any atom is -0.361 e. The maximum absolute atomic E-state index is 11.2. The molecule has 1 heterocycles. The summed E-state index contributed by atoms with van der Waals surface area (Å²) in [6.45, 7) is 0. The molecule has 0 aliphatic rings. The van der Waals surface area contributed by atoms with Crippen LogP contribution >= 0.6 is 23.2 Å². The second kappa shape index (κ2) is 4.28. The first kappa shape index (κ1) is 11.2. The molecule has 2 aromatic rings. The second-order valence-electron chi connectivity index (χ2n) is 3.33. The molecular weight excluding hydrogens is 249 g/mol. The van der Waals surface area contributed by atoms with E-state index in [0.717, 1.165) is 10.9 Å². The molecule has 2 rings (SSSR count). The normalized spacial score (nSPS) is 10.9. The average molecular weight is 256 g/mol. The molecule has 0 bridgehead atoms. The third-order valence-electron chi connectivity index (χ3n) is 2.39. The zero-order chi connectivity index (χ0) is 11.7. The molecule has 0 amide bonds. The first-order valence-electron chi connectivity index (χ1n) is 4.56. The number of carbonyl (C=O) groups excluding carboxylic acids is 2. The number of para-hydroxylation sites is 1. The van der Waals surface area contributed by atoms with Gasteiger partial charge in [-0.1, -0.05) is 18.2 Å². The van der Waals surface area contributed by atoms with Crippen molar-refractivity contribution in [2.75, 3.05) is 0 Å². The van der Waals surface area contributed by atoms with Gasteiger partial charge in [-0.2, -0.15) is 0 Å². The molecule has 3 nitrogen and oxygen atoms in total. The zero-order valence-corrected chi connectivity index (χ0v) is 9.55. The van der Waals surface area contributed by atoms with Crippen molar-refractivity contribution in [1.82, 2.24) is 4.98 Å². The lowest BCUT2D eigenvalue weighted by Gasteiger charge is -2.05. The molecule has 0 fully saturated rings. The topological polar surface area (TPSA) is 49.9 Å². The maximum atomic E-state index is 11.2. The van der Waals surface area contributed by atoms with Crippen LogP contribution in [0.2, 0.25) is 0 Å². The molecule has 0 unspecified atom stereocenters. The fourth-order valence-corrected chi connectivity index (χ4v) is 2.16. The Morgan fingerprint density at radius 2 is 1.75 bits per heavy atom. The number of nitrogens with one attached hydrogen (secondary N) is 1. The molecule has 16 heavy (non-hydrogen) atoms. The molecule has 0 aliphatic heterocycles. The second-order valence-corrected chi connectivity index (χ2v) is 4.08. The van der Waals surface area contributed by atoms with Gasteiger partial charge in [0.05, 0.1) is 0 Å². The summed E-state index contributed by atoms with van der Waals surface area (Å²) in [6.07, 6.45) is 1.58. The van der Waals surface area contributed by atoms with Crippen molar-refractivity contribution in [3.63, 3.8) is 0 Å². The third kappa shape index (κ3) is 1.84. The van der Waals surface area contributed by atoms with Crippen molar-refractivity contribution in [1.29, 1.82) is 0 Å². The Bertz CT molecular complexity index is 548. The minimum absolute atomic E-state index is 0.510. The van der Waals surface area contributed by atoms with E-state index in [-0.39, 0.29) is 0 Å². The fraction of sp³-hybridized carbons (Fsp3) is 0.0909. The van der Waals surface area contributed by atoms with Crippen LogP contribution < -0.4 is 0 Å². The summed E-state index contributed by atoms with van der Waals surface area (Å²) >= 11 is 10.7. The van der Waals surface area contributed by atoms with Gasteiger partial charge in [0.2, 0.25) is 10.5 Å². The number of benzene rings is 1. The first-order chi connectivity index (χ1) is 7.61. The van der Waals surface area contributed by atoms with Crippen LogP contribution in [0.3, 0.4) is 0 Å². The van der Waals surface area contributed by atoms with Crippen LogP contribution in [0.15, 0.2) is 30.5 Å². The Labute approximate surface area is 101 Å². The van der Waals surface area contributed by atoms with Gasteiger partial charge in [-0.15, -0.1) is 0 Å². The van der Waals surface area contributed by atoms with Crippen LogP contribution in [0.4, 0.5) is 0 Å². The first-order valence-corrected chi connectivity index (χ1v) is 5.31. The Morgan fingerprint density at radius 1 is 1.12 bits per heavy atom. The minimum atomic E-state index is -1.11. The Kier molecular flexibility index (Phi) is 2.99. The number of H-pyrrole nitrogens is 1. The zero-order valence-electron chi connectivity index (χ0n) is 8.04. The van der Waals surface area contributed by atoms with E-state index in [1.165, 1.54) is 0 Å². The molecule has 0 saturated carbocycles. The van der Waals surface area contributed by atoms with E-state index in [9.17, 15) is 9.59 Å². The van der Waals surface area contributed by atoms with Gasteiger partial charge >= 0.3 is 0 Å². The van der Waals surface area contributed by atoms with Gasteiger partial charge in [0.15, 0.2) is 0 Å². The highest BCUT2D eigenvalue weighted by molar-refractivity contribution is 6.74. The van der Waals surface area contributed by atoms with Crippen LogP contribution in [0.25, 0.3) is 10.9 Å². The molecule has 0 spiro atoms. The molecule has 1 aromatic carbocycles. The van der Waals surface area contributed by atoms with Crippen LogP contribution in [0.1, 0.15) is 11.5 Å². The largest absolute Gasteiger partial charge is 0.361 e. The van der Waals surface area contributed by atoms with E-state index in [0.29, 0.717) is 5.56 Å². The third-order valence-corrected chi connectivity index (χ3v) is 2.82. The van der Waals surface area contributed by atoms with Gasteiger partial charge < -0.3 is 4.98 Å². The van der Waals surface area contributed by atoms with Crippen LogP contribution in [-0.2, 0) is 9.59 Å². The van der Waals surface area contributed by atoms with Crippen LogP contribution in [-0.4, -0.2) is 15.5 Å². The number of rotatable bonds is 3. The monoisotopic (exact) mass is 255 g/mol. The smallest absolute Gasteiger partial charge is 0.238 e. The van der Waals surface area contributed by atoms with Crippen molar-refractivity contribution in [2.45, 2.75) is 5.92 Å². The summed E-state index contributed by atoms with van der Waals surface area (Å²) in [5.74, 6) is -1.11. The number of halogens is 2. The summed E-state index contributed by atoms with van der Waals surface area (Å²) in [4.78, 5) is 25.3. The van der Waals surface area contributed by atoms with Gasteiger partial charge in [-0.3, -0.25) is 9.59 Å². The van der Waals surface area contributed by atoms with E-state index >= 15 is 0 Å². The Morgan fingerprint density at radius 3 is 2.38 bits per heavy atom. The molecule has 1 aromatic heterocycles. The summed E-state index contributed by atoms with van der Waals surface area (Å²) in [5, 5.41) is -0.773. The number of aromatic amines is 1. The van der Waals surface area contributed by atoms with Crippen molar-refractivity contribution < 1.29 is 9.59 Å². The van der Waals surface area contributed by atoms with E-state index in [4.69, 9.17) is 23.2 Å². The molecule has 82 valence electrons. The summed E-state index contributed by atoms with van der Waals surface area (Å²) in [6, 6.07) is 7.30. The van der Waals surface area contributed by atoms with Gasteiger partial charge in [0, 0.05) is 17.1 Å². The maximum Gasteiger partial charge on any atom is 0.238 e. The Hall–Kier alpha value is -1.32. The Balaban J connectivity index is 2.61. The summed E-state index contributed by atoms with van der Waals surface area (Å²) < 4.78 is 0. The lowest BCUT2D eigenvalue weighted by molar-refractivity contribution is -0.120. The number of aromatic nitrogens is 1. The van der Waals surface area contributed by atoms with Crippen molar-refractivity contribution in [2.24, 2.45) is 0 Å². The van der Waals surface area contributed by atoms with E-state index in [1.54, 1.807) is 12.3 Å². The standard InChI is InChI=1S/C11H7Cl2NO2/c12-10(15)9(11(13)16)7-5-14-8-4-2-1-3-6(7)8/h1-5,9,14H. The predicted octanol–water partition coefficient (Wildman–Crippen LogP) is 2.78. The molecular formula is C11H7Cl2NO2. The van der Waals surface area contributed by atoms with Gasteiger partial charge in [-0.25, -0.2) is 0 Å². The van der Waals surface area contributed by atoms with E-state index < -0.39 is 16.4 Å². The summed E-state index contributed by atoms with van der Waals surface area (Å²) in [5.41, 5.74) is 1.34. The number of carbonyl (C=O) groups is 2. The highest BCUT2D eigenvalue weighted by Crippen LogP contribution is 2.28. The van der Waals surface area contributed by atoms with Gasteiger partial charge in [0.25, 0.3) is 0 Å². The predicted molar refractivity (Wildman–Crippen MR) is 62.8 cm³/mol. The molecule has 0 atom stereocenters. The average Bonchev–Trinajstić information content (AvgIpc) is 2.61. The fourth-order valence-electron chi connectivity index (χ4n) is 1.67. The van der Waals surface area contributed by atoms with E-state index in [2.05, 4.69) is 4.98 Å². The molecule has 0 saturated heterocycles. The van der Waals surface area contributed by atoms with E-state index in [1.807, 2.05) is 18.2 Å². The van der Waals surface area contributed by atoms with Crippen molar-refractivity contribution >= 4 is 44.6 Å².